The minimum absolute atomic E-state index is 0.227. The highest BCUT2D eigenvalue weighted by Gasteiger charge is 2.31. The number of aryl methyl sites for hydroxylation is 1. The van der Waals surface area contributed by atoms with Gasteiger partial charge in [-0.2, -0.15) is 0 Å². The van der Waals surface area contributed by atoms with E-state index in [4.69, 9.17) is 14.0 Å². The molecule has 186 valence electrons. The predicted molar refractivity (Wildman–Crippen MR) is 133 cm³/mol. The number of ether oxygens (including phenoxy) is 2. The predicted octanol–water partition coefficient (Wildman–Crippen LogP) is 3.88. The van der Waals surface area contributed by atoms with Gasteiger partial charge in [-0.15, -0.1) is 11.3 Å². The Balaban J connectivity index is 1.55. The SMILES string of the molecule is CCOC(=O)c1c(NC(=O)C(C)Sc2c(=O)o[nH][n+]2-c2ccc(OC)cc2)sc2c1CCCCC2. The summed E-state index contributed by atoms with van der Waals surface area (Å²) in [6.07, 6.45) is 4.87. The number of thioether (sulfide) groups is 1. The van der Waals surface area contributed by atoms with E-state index in [2.05, 4.69) is 10.6 Å². The minimum atomic E-state index is -0.643. The minimum Gasteiger partial charge on any atom is -0.497 e. The summed E-state index contributed by atoms with van der Waals surface area (Å²) < 4.78 is 16.9. The lowest BCUT2D eigenvalue weighted by atomic mass is 10.1. The molecule has 0 bridgehead atoms. The Morgan fingerprint density at radius 2 is 1.97 bits per heavy atom. The van der Waals surface area contributed by atoms with Crippen molar-refractivity contribution in [1.82, 2.24) is 5.27 Å². The number of aromatic nitrogens is 2. The first-order valence-electron chi connectivity index (χ1n) is 11.5. The number of hydrogen-bond acceptors (Lipinski definition) is 8. The molecule has 3 aromatic rings. The fraction of sp³-hybridized carbons (Fsp3) is 0.417. The number of carbonyl (C=O) groups is 2. The normalized spacial score (nSPS) is 14.0. The Morgan fingerprint density at radius 3 is 2.69 bits per heavy atom. The van der Waals surface area contributed by atoms with Crippen LogP contribution in [0.5, 0.6) is 5.75 Å². The summed E-state index contributed by atoms with van der Waals surface area (Å²) in [4.78, 5) is 39.4. The second-order valence-corrected chi connectivity index (χ2v) is 10.5. The van der Waals surface area contributed by atoms with Gasteiger partial charge in [-0.25, -0.2) is 9.59 Å². The lowest BCUT2D eigenvalue weighted by Gasteiger charge is -2.11. The first-order chi connectivity index (χ1) is 16.9. The van der Waals surface area contributed by atoms with Crippen molar-refractivity contribution in [3.8, 4) is 11.4 Å². The van der Waals surface area contributed by atoms with Crippen LogP contribution >= 0.6 is 23.1 Å². The van der Waals surface area contributed by atoms with Crippen molar-refractivity contribution in [2.24, 2.45) is 0 Å². The number of esters is 1. The van der Waals surface area contributed by atoms with Gasteiger partial charge < -0.3 is 14.8 Å². The van der Waals surface area contributed by atoms with Gasteiger partial charge >= 0.3 is 16.6 Å². The summed E-state index contributed by atoms with van der Waals surface area (Å²) in [7, 11) is 1.57. The number of hydrogen-bond donors (Lipinski definition) is 2. The number of fused-ring (bicyclic) bond motifs is 1. The Kier molecular flexibility index (Phi) is 7.97. The molecule has 0 aliphatic heterocycles. The van der Waals surface area contributed by atoms with Crippen molar-refractivity contribution >= 4 is 40.0 Å². The second-order valence-electron chi connectivity index (χ2n) is 8.06. The van der Waals surface area contributed by atoms with Crippen molar-refractivity contribution in [3.63, 3.8) is 0 Å². The molecule has 1 aliphatic rings. The molecule has 1 amide bonds. The van der Waals surface area contributed by atoms with Crippen LogP contribution in [0, 0.1) is 0 Å². The molecule has 1 aromatic carbocycles. The molecule has 4 rings (SSSR count). The summed E-state index contributed by atoms with van der Waals surface area (Å²) in [5.41, 5.74) is 1.53. The molecule has 0 saturated heterocycles. The number of amides is 1. The highest BCUT2D eigenvalue weighted by molar-refractivity contribution is 8.00. The van der Waals surface area contributed by atoms with E-state index >= 15 is 0 Å². The Labute approximate surface area is 210 Å². The third kappa shape index (κ3) is 5.46. The van der Waals surface area contributed by atoms with Crippen LogP contribution in [0.3, 0.4) is 0 Å². The highest BCUT2D eigenvalue weighted by atomic mass is 32.2. The summed E-state index contributed by atoms with van der Waals surface area (Å²) in [5.74, 6) is -0.0566. The van der Waals surface area contributed by atoms with Crippen LogP contribution < -0.4 is 20.4 Å². The number of rotatable bonds is 8. The summed E-state index contributed by atoms with van der Waals surface area (Å²) in [5, 5.41) is 5.59. The number of H-pyrrole nitrogens is 1. The maximum Gasteiger partial charge on any atom is 0.442 e. The molecule has 2 aromatic heterocycles. The molecule has 9 nitrogen and oxygen atoms in total. The van der Waals surface area contributed by atoms with E-state index in [1.54, 1.807) is 45.2 Å². The maximum atomic E-state index is 13.1. The zero-order chi connectivity index (χ0) is 24.9. The van der Waals surface area contributed by atoms with Gasteiger partial charge in [0.1, 0.15) is 10.8 Å². The van der Waals surface area contributed by atoms with Crippen LogP contribution in [0.25, 0.3) is 5.69 Å². The lowest BCUT2D eigenvalue weighted by molar-refractivity contribution is -0.704. The quantitative estimate of drug-likeness (QED) is 0.201. The highest BCUT2D eigenvalue weighted by Crippen LogP contribution is 2.38. The van der Waals surface area contributed by atoms with Crippen molar-refractivity contribution in [3.05, 3.63) is 50.7 Å². The summed E-state index contributed by atoms with van der Waals surface area (Å²) in [6, 6.07) is 7.05. The number of nitrogens with one attached hydrogen (secondary N) is 2. The molecule has 1 aliphatic carbocycles. The molecule has 1 atom stereocenters. The Hall–Kier alpha value is -3.05. The topological polar surface area (TPSA) is 115 Å². The lowest BCUT2D eigenvalue weighted by Crippen LogP contribution is -2.37. The van der Waals surface area contributed by atoms with Crippen LogP contribution in [0.15, 0.2) is 38.6 Å². The van der Waals surface area contributed by atoms with E-state index in [-0.39, 0.29) is 17.5 Å². The van der Waals surface area contributed by atoms with Crippen LogP contribution in [0.1, 0.15) is 53.9 Å². The second kappa shape index (κ2) is 11.1. The molecule has 0 spiro atoms. The monoisotopic (exact) mass is 518 g/mol. The Morgan fingerprint density at radius 1 is 1.23 bits per heavy atom. The zero-order valence-corrected chi connectivity index (χ0v) is 21.5. The number of benzene rings is 1. The first-order valence-corrected chi connectivity index (χ1v) is 13.2. The largest absolute Gasteiger partial charge is 0.497 e. The molecule has 35 heavy (non-hydrogen) atoms. The number of anilines is 1. The van der Waals surface area contributed by atoms with E-state index in [0.29, 0.717) is 22.0 Å². The van der Waals surface area contributed by atoms with Gasteiger partial charge in [-0.05, 0) is 78.9 Å². The number of carbonyl (C=O) groups excluding carboxylic acids is 2. The molecule has 0 radical (unpaired) electrons. The average Bonchev–Trinajstić information content (AvgIpc) is 3.29. The van der Waals surface area contributed by atoms with E-state index < -0.39 is 16.8 Å². The number of aromatic amines is 1. The molecule has 2 N–H and O–H groups in total. The van der Waals surface area contributed by atoms with Crippen molar-refractivity contribution in [2.45, 2.75) is 56.2 Å². The molecule has 0 fully saturated rings. The number of nitrogens with zero attached hydrogens (tertiary/aromatic N) is 1. The van der Waals surface area contributed by atoms with E-state index in [9.17, 15) is 14.4 Å². The molecular formula is C24H28N3O6S2+. The molecular weight excluding hydrogens is 490 g/mol. The first kappa shape index (κ1) is 25.1. The van der Waals surface area contributed by atoms with Gasteiger partial charge in [0.2, 0.25) is 11.6 Å². The van der Waals surface area contributed by atoms with Crippen molar-refractivity contribution in [2.75, 3.05) is 19.0 Å². The number of thiophene rings is 1. The standard InChI is InChI=1S/C24H27N3O6S2/c1-4-32-23(29)19-17-8-6-5-7-9-18(17)35-21(19)25-20(28)14(2)34-22-24(30)33-26-27(22)15-10-12-16(31-3)13-11-15/h10-14H,4-9H2,1-3H3,(H-,25,26,28,29,30)/p+1. The van der Waals surface area contributed by atoms with Crippen LogP contribution in [0.2, 0.25) is 0 Å². The summed E-state index contributed by atoms with van der Waals surface area (Å²) >= 11 is 2.51. The van der Waals surface area contributed by atoms with Crippen molar-refractivity contribution < 1.29 is 28.3 Å². The van der Waals surface area contributed by atoms with Crippen LogP contribution in [0.4, 0.5) is 5.00 Å². The van der Waals surface area contributed by atoms with Gasteiger partial charge in [0.05, 0.1) is 24.5 Å². The fourth-order valence-electron chi connectivity index (χ4n) is 3.95. The van der Waals surface area contributed by atoms with Gasteiger partial charge in [-0.1, -0.05) is 6.42 Å². The molecule has 2 heterocycles. The van der Waals surface area contributed by atoms with E-state index in [1.807, 2.05) is 0 Å². The van der Waals surface area contributed by atoms with Gasteiger partial charge in [-0.3, -0.25) is 9.32 Å². The number of methoxy groups -OCH3 is 1. The van der Waals surface area contributed by atoms with E-state index in [1.165, 1.54) is 16.0 Å². The maximum absolute atomic E-state index is 13.1. The average molecular weight is 519 g/mol. The molecule has 11 heteroatoms. The Bertz CT molecular complexity index is 1260. The van der Waals surface area contributed by atoms with Crippen LogP contribution in [-0.2, 0) is 22.4 Å². The zero-order valence-electron chi connectivity index (χ0n) is 19.8. The third-order valence-corrected chi connectivity index (χ3v) is 8.08. The fourth-order valence-corrected chi connectivity index (χ4v) is 6.12. The molecule has 0 saturated carbocycles. The van der Waals surface area contributed by atoms with Crippen LogP contribution in [-0.4, -0.2) is 36.1 Å². The van der Waals surface area contributed by atoms with Gasteiger partial charge in [0.25, 0.3) is 0 Å². The third-order valence-electron chi connectivity index (χ3n) is 5.73. The van der Waals surface area contributed by atoms with E-state index in [0.717, 1.165) is 54.3 Å². The smallest absolute Gasteiger partial charge is 0.442 e. The molecule has 1 unspecified atom stereocenters. The van der Waals surface area contributed by atoms with Crippen molar-refractivity contribution in [1.29, 1.82) is 0 Å². The van der Waals surface area contributed by atoms with Gasteiger partial charge in [0, 0.05) is 17.0 Å². The summed E-state index contributed by atoms with van der Waals surface area (Å²) in [6.45, 7) is 3.73. The van der Waals surface area contributed by atoms with Gasteiger partial charge in [0.15, 0.2) is 0 Å².